The first-order chi connectivity index (χ1) is 11.6. The molecule has 0 unspecified atom stereocenters. The second-order valence-electron chi connectivity index (χ2n) is 5.49. The lowest BCUT2D eigenvalue weighted by Crippen LogP contribution is -2.15. The van der Waals surface area contributed by atoms with E-state index in [1.54, 1.807) is 12.1 Å². The highest BCUT2D eigenvalue weighted by molar-refractivity contribution is 6.03. The Labute approximate surface area is 141 Å². The highest BCUT2D eigenvalue weighted by Gasteiger charge is 2.09. The standard InChI is InChI=1S/C19H18N4O/c1-14-7-6-8-15(13-14)19(24)20-17-11-12-18(22-21-17)23(2)16-9-4-3-5-10-16/h3-13H,1-2H3,(H,20,21,24). The van der Waals surface area contributed by atoms with Gasteiger partial charge in [-0.3, -0.25) is 4.79 Å². The van der Waals surface area contributed by atoms with E-state index >= 15 is 0 Å². The number of nitrogens with zero attached hydrogens (tertiary/aromatic N) is 3. The van der Waals surface area contributed by atoms with Gasteiger partial charge in [-0.05, 0) is 43.3 Å². The van der Waals surface area contributed by atoms with E-state index in [2.05, 4.69) is 15.5 Å². The van der Waals surface area contributed by atoms with Gasteiger partial charge in [-0.25, -0.2) is 0 Å². The van der Waals surface area contributed by atoms with Crippen molar-refractivity contribution in [2.24, 2.45) is 0 Å². The van der Waals surface area contributed by atoms with Crippen molar-refractivity contribution in [3.05, 3.63) is 77.9 Å². The molecular formula is C19H18N4O. The summed E-state index contributed by atoms with van der Waals surface area (Å²) in [5, 5.41) is 11.0. The van der Waals surface area contributed by atoms with Crippen LogP contribution in [-0.4, -0.2) is 23.2 Å². The van der Waals surface area contributed by atoms with Gasteiger partial charge < -0.3 is 10.2 Å². The maximum atomic E-state index is 12.2. The third-order valence-electron chi connectivity index (χ3n) is 3.66. The lowest BCUT2D eigenvalue weighted by Gasteiger charge is -2.17. The molecule has 1 heterocycles. The lowest BCUT2D eigenvalue weighted by atomic mass is 10.1. The van der Waals surface area contributed by atoms with Crippen molar-refractivity contribution >= 4 is 23.2 Å². The summed E-state index contributed by atoms with van der Waals surface area (Å²) < 4.78 is 0. The van der Waals surface area contributed by atoms with Gasteiger partial charge in [0.15, 0.2) is 11.6 Å². The molecule has 0 saturated heterocycles. The second-order valence-corrected chi connectivity index (χ2v) is 5.49. The summed E-state index contributed by atoms with van der Waals surface area (Å²) in [5.41, 5.74) is 2.65. The molecule has 0 fully saturated rings. The van der Waals surface area contributed by atoms with Crippen LogP contribution in [-0.2, 0) is 0 Å². The Morgan fingerprint density at radius 2 is 1.75 bits per heavy atom. The minimum absolute atomic E-state index is 0.197. The molecule has 3 aromatic rings. The van der Waals surface area contributed by atoms with Crippen LogP contribution in [0.4, 0.5) is 17.3 Å². The molecule has 5 heteroatoms. The van der Waals surface area contributed by atoms with E-state index in [1.165, 1.54) is 0 Å². The van der Waals surface area contributed by atoms with Gasteiger partial charge >= 0.3 is 0 Å². The highest BCUT2D eigenvalue weighted by atomic mass is 16.1. The van der Waals surface area contributed by atoms with E-state index in [-0.39, 0.29) is 5.91 Å². The largest absolute Gasteiger partial charge is 0.328 e. The highest BCUT2D eigenvalue weighted by Crippen LogP contribution is 2.21. The van der Waals surface area contributed by atoms with E-state index < -0.39 is 0 Å². The first-order valence-electron chi connectivity index (χ1n) is 7.64. The van der Waals surface area contributed by atoms with Gasteiger partial charge in [-0.1, -0.05) is 35.9 Å². The number of aryl methyl sites for hydroxylation is 1. The van der Waals surface area contributed by atoms with Gasteiger partial charge in [-0.2, -0.15) is 0 Å². The molecule has 0 atom stereocenters. The number of hydrogen-bond acceptors (Lipinski definition) is 4. The van der Waals surface area contributed by atoms with Crippen molar-refractivity contribution < 1.29 is 4.79 Å². The van der Waals surface area contributed by atoms with E-state index in [4.69, 9.17) is 0 Å². The zero-order chi connectivity index (χ0) is 16.9. The van der Waals surface area contributed by atoms with E-state index in [1.807, 2.05) is 73.5 Å². The fourth-order valence-electron chi connectivity index (χ4n) is 2.33. The predicted molar refractivity (Wildman–Crippen MR) is 95.7 cm³/mol. The van der Waals surface area contributed by atoms with Crippen LogP contribution in [0.15, 0.2) is 66.7 Å². The number of aromatic nitrogens is 2. The van der Waals surface area contributed by atoms with Gasteiger partial charge in [-0.15, -0.1) is 10.2 Å². The van der Waals surface area contributed by atoms with Crippen LogP contribution in [0, 0.1) is 6.92 Å². The molecule has 0 bridgehead atoms. The number of hydrogen-bond donors (Lipinski definition) is 1. The first kappa shape index (κ1) is 15.7. The Morgan fingerprint density at radius 1 is 0.958 bits per heavy atom. The van der Waals surface area contributed by atoms with E-state index in [0.717, 1.165) is 11.3 Å². The zero-order valence-electron chi connectivity index (χ0n) is 13.6. The Balaban J connectivity index is 1.72. The number of benzene rings is 2. The van der Waals surface area contributed by atoms with Gasteiger partial charge in [0.05, 0.1) is 0 Å². The van der Waals surface area contributed by atoms with E-state index in [9.17, 15) is 4.79 Å². The number of para-hydroxylation sites is 1. The molecule has 1 N–H and O–H groups in total. The summed E-state index contributed by atoms with van der Waals surface area (Å²) >= 11 is 0. The molecule has 0 radical (unpaired) electrons. The smallest absolute Gasteiger partial charge is 0.256 e. The number of nitrogens with one attached hydrogen (secondary N) is 1. The second kappa shape index (κ2) is 6.91. The van der Waals surface area contributed by atoms with Crippen LogP contribution in [0.3, 0.4) is 0 Å². The quantitative estimate of drug-likeness (QED) is 0.795. The summed E-state index contributed by atoms with van der Waals surface area (Å²) in [6.45, 7) is 1.95. The van der Waals surface area contributed by atoms with Gasteiger partial charge in [0, 0.05) is 18.3 Å². The van der Waals surface area contributed by atoms with Crippen LogP contribution >= 0.6 is 0 Å². The number of anilines is 3. The Hall–Kier alpha value is -3.21. The summed E-state index contributed by atoms with van der Waals surface area (Å²) in [6, 6.07) is 20.9. The SMILES string of the molecule is Cc1cccc(C(=O)Nc2ccc(N(C)c3ccccc3)nn2)c1. The summed E-state index contributed by atoms with van der Waals surface area (Å²) in [6.07, 6.45) is 0. The molecular weight excluding hydrogens is 300 g/mol. The molecule has 0 aliphatic heterocycles. The zero-order valence-corrected chi connectivity index (χ0v) is 13.6. The molecule has 3 rings (SSSR count). The maximum absolute atomic E-state index is 12.2. The molecule has 5 nitrogen and oxygen atoms in total. The maximum Gasteiger partial charge on any atom is 0.256 e. The Morgan fingerprint density at radius 3 is 2.42 bits per heavy atom. The molecule has 1 aromatic heterocycles. The van der Waals surface area contributed by atoms with Crippen LogP contribution in [0.2, 0.25) is 0 Å². The van der Waals surface area contributed by atoms with Crippen molar-refractivity contribution in [3.8, 4) is 0 Å². The molecule has 2 aromatic carbocycles. The number of carbonyl (C=O) groups excluding carboxylic acids is 1. The third kappa shape index (κ3) is 3.57. The third-order valence-corrected chi connectivity index (χ3v) is 3.66. The molecule has 1 amide bonds. The Kier molecular flexibility index (Phi) is 4.52. The van der Waals surface area contributed by atoms with Crippen LogP contribution < -0.4 is 10.2 Å². The average molecular weight is 318 g/mol. The Bertz CT molecular complexity index is 832. The number of rotatable bonds is 4. The van der Waals surface area contributed by atoms with Crippen LogP contribution in [0.25, 0.3) is 0 Å². The molecule has 0 aliphatic carbocycles. The van der Waals surface area contributed by atoms with Crippen LogP contribution in [0.5, 0.6) is 0 Å². The van der Waals surface area contributed by atoms with Gasteiger partial charge in [0.2, 0.25) is 0 Å². The van der Waals surface area contributed by atoms with E-state index in [0.29, 0.717) is 17.2 Å². The van der Waals surface area contributed by atoms with Crippen molar-refractivity contribution in [1.29, 1.82) is 0 Å². The molecule has 120 valence electrons. The molecule has 24 heavy (non-hydrogen) atoms. The normalized spacial score (nSPS) is 10.2. The summed E-state index contributed by atoms with van der Waals surface area (Å²) in [4.78, 5) is 14.1. The fourth-order valence-corrected chi connectivity index (χ4v) is 2.33. The summed E-state index contributed by atoms with van der Waals surface area (Å²) in [5.74, 6) is 0.929. The minimum Gasteiger partial charge on any atom is -0.328 e. The summed E-state index contributed by atoms with van der Waals surface area (Å²) in [7, 11) is 1.92. The monoisotopic (exact) mass is 318 g/mol. The van der Waals surface area contributed by atoms with Crippen molar-refractivity contribution in [2.75, 3.05) is 17.3 Å². The van der Waals surface area contributed by atoms with Gasteiger partial charge in [0.1, 0.15) is 0 Å². The fraction of sp³-hybridized carbons (Fsp3) is 0.105. The van der Waals surface area contributed by atoms with Crippen LogP contribution in [0.1, 0.15) is 15.9 Å². The minimum atomic E-state index is -0.197. The molecule has 0 saturated carbocycles. The average Bonchev–Trinajstić information content (AvgIpc) is 2.62. The predicted octanol–water partition coefficient (Wildman–Crippen LogP) is 3.81. The van der Waals surface area contributed by atoms with Crippen molar-refractivity contribution in [3.63, 3.8) is 0 Å². The topological polar surface area (TPSA) is 58.1 Å². The molecule has 0 spiro atoms. The first-order valence-corrected chi connectivity index (χ1v) is 7.64. The van der Waals surface area contributed by atoms with Crippen molar-refractivity contribution in [1.82, 2.24) is 10.2 Å². The van der Waals surface area contributed by atoms with Crippen molar-refractivity contribution in [2.45, 2.75) is 6.92 Å². The number of amides is 1. The number of carbonyl (C=O) groups is 1. The lowest BCUT2D eigenvalue weighted by molar-refractivity contribution is 0.102. The van der Waals surface area contributed by atoms with Gasteiger partial charge in [0.25, 0.3) is 5.91 Å². The molecule has 0 aliphatic rings.